The summed E-state index contributed by atoms with van der Waals surface area (Å²) in [4.78, 5) is 23.5. The summed E-state index contributed by atoms with van der Waals surface area (Å²) in [5, 5.41) is 12.0. The molecule has 0 aromatic carbocycles. The zero-order valence-electron chi connectivity index (χ0n) is 12.0. The van der Waals surface area contributed by atoms with Crippen LogP contribution in [-0.2, 0) is 7.05 Å². The molecule has 1 unspecified atom stereocenters. The van der Waals surface area contributed by atoms with Crippen molar-refractivity contribution < 1.29 is 14.7 Å². The molecule has 0 saturated carbocycles. The summed E-state index contributed by atoms with van der Waals surface area (Å²) < 4.78 is 1.64. The quantitative estimate of drug-likeness (QED) is 0.767. The van der Waals surface area contributed by atoms with Crippen LogP contribution in [0.5, 0.6) is 0 Å². The second-order valence-corrected chi connectivity index (χ2v) is 5.12. The highest BCUT2D eigenvalue weighted by Gasteiger charge is 2.25. The molecule has 106 valence electrons. The summed E-state index contributed by atoms with van der Waals surface area (Å²) in [5.74, 6) is -0.295. The molecule has 0 saturated heterocycles. The van der Waals surface area contributed by atoms with Gasteiger partial charge in [-0.25, -0.2) is 0 Å². The van der Waals surface area contributed by atoms with E-state index in [1.165, 1.54) is 6.92 Å². The molecular weight excluding hydrogens is 244 g/mol. The number of ketones is 1. The van der Waals surface area contributed by atoms with Crippen molar-refractivity contribution in [1.29, 1.82) is 0 Å². The minimum atomic E-state index is -0.438. The highest BCUT2D eigenvalue weighted by molar-refractivity contribution is 5.99. The van der Waals surface area contributed by atoms with Gasteiger partial charge in [0.25, 0.3) is 5.91 Å². The van der Waals surface area contributed by atoms with Gasteiger partial charge in [-0.3, -0.25) is 9.59 Å². The monoisotopic (exact) mass is 266 g/mol. The molecule has 1 rings (SSSR count). The molecule has 0 aliphatic heterocycles. The van der Waals surface area contributed by atoms with Gasteiger partial charge in [0.05, 0.1) is 0 Å². The van der Waals surface area contributed by atoms with E-state index in [2.05, 4.69) is 5.32 Å². The molecule has 0 aliphatic carbocycles. The van der Waals surface area contributed by atoms with E-state index < -0.39 is 5.54 Å². The van der Waals surface area contributed by atoms with Crippen LogP contribution in [-0.4, -0.2) is 33.5 Å². The Morgan fingerprint density at radius 2 is 2.11 bits per heavy atom. The number of rotatable bonds is 6. The average molecular weight is 266 g/mol. The van der Waals surface area contributed by atoms with Crippen molar-refractivity contribution in [3.05, 3.63) is 23.5 Å². The molecule has 1 aromatic rings. The number of amides is 1. The van der Waals surface area contributed by atoms with Crippen LogP contribution in [0.25, 0.3) is 0 Å². The number of Topliss-reactive ketones (excluding diaryl/α,β-unsaturated/α-hetero) is 1. The van der Waals surface area contributed by atoms with E-state index in [0.29, 0.717) is 17.7 Å². The molecule has 1 atom stereocenters. The molecule has 0 bridgehead atoms. The third-order valence-corrected chi connectivity index (χ3v) is 3.50. The van der Waals surface area contributed by atoms with Crippen molar-refractivity contribution in [2.45, 2.75) is 39.2 Å². The number of carbonyl (C=O) groups is 2. The van der Waals surface area contributed by atoms with Crippen LogP contribution in [0.15, 0.2) is 12.3 Å². The second kappa shape index (κ2) is 6.02. The molecule has 1 amide bonds. The number of hydrogen-bond donors (Lipinski definition) is 2. The van der Waals surface area contributed by atoms with E-state index in [1.54, 1.807) is 23.9 Å². The summed E-state index contributed by atoms with van der Waals surface area (Å²) in [5.41, 5.74) is 0.530. The third kappa shape index (κ3) is 3.67. The maximum atomic E-state index is 12.2. The summed E-state index contributed by atoms with van der Waals surface area (Å²) in [6.07, 6.45) is 2.87. The molecule has 5 nitrogen and oxygen atoms in total. The van der Waals surface area contributed by atoms with Crippen LogP contribution < -0.4 is 5.32 Å². The van der Waals surface area contributed by atoms with Crippen molar-refractivity contribution in [2.75, 3.05) is 6.61 Å². The van der Waals surface area contributed by atoms with Gasteiger partial charge < -0.3 is 15.0 Å². The molecular formula is C14H22N2O3. The number of aliphatic hydroxyl groups is 1. The molecule has 0 radical (unpaired) electrons. The normalized spacial score (nSPS) is 13.9. The van der Waals surface area contributed by atoms with Crippen molar-refractivity contribution >= 4 is 11.7 Å². The van der Waals surface area contributed by atoms with Crippen LogP contribution in [0.4, 0.5) is 0 Å². The fraction of sp³-hybridized carbons (Fsp3) is 0.571. The highest BCUT2D eigenvalue weighted by Crippen LogP contribution is 2.16. The summed E-state index contributed by atoms with van der Waals surface area (Å²) >= 11 is 0. The molecule has 2 N–H and O–H groups in total. The Hall–Kier alpha value is -1.62. The SMILES string of the molecule is CCC(C)(CCO)NC(=O)c1cc(C(C)=O)cn1C. The Morgan fingerprint density at radius 3 is 2.53 bits per heavy atom. The maximum absolute atomic E-state index is 12.2. The van der Waals surface area contributed by atoms with Gasteiger partial charge in [0.15, 0.2) is 5.78 Å². The number of aryl methyl sites for hydroxylation is 1. The first-order chi connectivity index (χ1) is 8.83. The lowest BCUT2D eigenvalue weighted by molar-refractivity contribution is 0.0877. The van der Waals surface area contributed by atoms with Crippen LogP contribution in [0, 0.1) is 0 Å². The Labute approximate surface area is 113 Å². The van der Waals surface area contributed by atoms with Gasteiger partial charge >= 0.3 is 0 Å². The van der Waals surface area contributed by atoms with E-state index in [-0.39, 0.29) is 18.3 Å². The van der Waals surface area contributed by atoms with Gasteiger partial charge in [-0.2, -0.15) is 0 Å². The van der Waals surface area contributed by atoms with Crippen molar-refractivity contribution in [1.82, 2.24) is 9.88 Å². The predicted molar refractivity (Wildman–Crippen MR) is 73.3 cm³/mol. The molecule has 19 heavy (non-hydrogen) atoms. The van der Waals surface area contributed by atoms with Gasteiger partial charge in [-0.05, 0) is 32.8 Å². The van der Waals surface area contributed by atoms with Gasteiger partial charge in [0.1, 0.15) is 5.69 Å². The average Bonchev–Trinajstić information content (AvgIpc) is 2.72. The number of carbonyl (C=O) groups excluding carboxylic acids is 2. The van der Waals surface area contributed by atoms with Gasteiger partial charge in [-0.15, -0.1) is 0 Å². The van der Waals surface area contributed by atoms with E-state index in [4.69, 9.17) is 5.11 Å². The number of nitrogens with one attached hydrogen (secondary N) is 1. The zero-order chi connectivity index (χ0) is 14.6. The first-order valence-electron chi connectivity index (χ1n) is 6.43. The van der Waals surface area contributed by atoms with Gasteiger partial charge in [-0.1, -0.05) is 6.92 Å². The molecule has 1 heterocycles. The lowest BCUT2D eigenvalue weighted by Gasteiger charge is -2.29. The Kier molecular flexibility index (Phi) is 4.89. The Morgan fingerprint density at radius 1 is 1.47 bits per heavy atom. The molecule has 0 aliphatic rings. The first kappa shape index (κ1) is 15.4. The molecule has 1 aromatic heterocycles. The molecule has 5 heteroatoms. The van der Waals surface area contributed by atoms with E-state index >= 15 is 0 Å². The number of aliphatic hydroxyl groups excluding tert-OH is 1. The van der Waals surface area contributed by atoms with Crippen LogP contribution >= 0.6 is 0 Å². The fourth-order valence-corrected chi connectivity index (χ4v) is 1.90. The Balaban J connectivity index is 2.91. The van der Waals surface area contributed by atoms with Crippen LogP contribution in [0.1, 0.15) is 54.5 Å². The number of aromatic nitrogens is 1. The lowest BCUT2D eigenvalue weighted by Crippen LogP contribution is -2.46. The fourth-order valence-electron chi connectivity index (χ4n) is 1.90. The maximum Gasteiger partial charge on any atom is 0.268 e. The van der Waals surface area contributed by atoms with Crippen molar-refractivity contribution in [3.8, 4) is 0 Å². The number of hydrogen-bond acceptors (Lipinski definition) is 3. The first-order valence-corrected chi connectivity index (χ1v) is 6.43. The minimum absolute atomic E-state index is 0.0243. The molecule has 0 fully saturated rings. The lowest BCUT2D eigenvalue weighted by atomic mass is 9.94. The van der Waals surface area contributed by atoms with Crippen molar-refractivity contribution in [2.24, 2.45) is 7.05 Å². The van der Waals surface area contributed by atoms with Crippen LogP contribution in [0.3, 0.4) is 0 Å². The topological polar surface area (TPSA) is 71.3 Å². The Bertz CT molecular complexity index is 479. The minimum Gasteiger partial charge on any atom is -0.396 e. The summed E-state index contributed by atoms with van der Waals surface area (Å²) in [6, 6.07) is 1.59. The van der Waals surface area contributed by atoms with E-state index in [9.17, 15) is 9.59 Å². The van der Waals surface area contributed by atoms with Crippen LogP contribution in [0.2, 0.25) is 0 Å². The highest BCUT2D eigenvalue weighted by atomic mass is 16.3. The standard InChI is InChI=1S/C14H22N2O3/c1-5-14(3,6-7-17)15-13(19)12-8-11(10(2)18)9-16(12)4/h8-9,17H,5-7H2,1-4H3,(H,15,19). The van der Waals surface area contributed by atoms with Crippen molar-refractivity contribution in [3.63, 3.8) is 0 Å². The van der Waals surface area contributed by atoms with Gasteiger partial charge in [0, 0.05) is 31.0 Å². The largest absolute Gasteiger partial charge is 0.396 e. The third-order valence-electron chi connectivity index (χ3n) is 3.50. The second-order valence-electron chi connectivity index (χ2n) is 5.12. The van der Waals surface area contributed by atoms with E-state index in [0.717, 1.165) is 6.42 Å². The number of nitrogens with zero attached hydrogens (tertiary/aromatic N) is 1. The van der Waals surface area contributed by atoms with E-state index in [1.807, 2.05) is 13.8 Å². The smallest absolute Gasteiger partial charge is 0.268 e. The summed E-state index contributed by atoms with van der Waals surface area (Å²) in [6.45, 7) is 5.35. The predicted octanol–water partition coefficient (Wildman–Crippen LogP) is 1.51. The zero-order valence-corrected chi connectivity index (χ0v) is 12.0. The van der Waals surface area contributed by atoms with Gasteiger partial charge in [0.2, 0.25) is 0 Å². The summed E-state index contributed by atoms with van der Waals surface area (Å²) in [7, 11) is 1.73. The molecule has 0 spiro atoms.